The highest BCUT2D eigenvalue weighted by atomic mass is 16.3. The van der Waals surface area contributed by atoms with Gasteiger partial charge >= 0.3 is 0 Å². The number of carbonyl (C=O) groups is 1. The van der Waals surface area contributed by atoms with Crippen LogP contribution < -0.4 is 0 Å². The fourth-order valence-electron chi connectivity index (χ4n) is 4.42. The molecule has 1 fully saturated rings. The van der Waals surface area contributed by atoms with Gasteiger partial charge in [0.05, 0.1) is 12.0 Å². The smallest absolute Gasteiger partial charge is 0.272 e. The Balaban J connectivity index is 1.39. The van der Waals surface area contributed by atoms with Crippen molar-refractivity contribution >= 4 is 5.91 Å². The number of nitrogens with zero attached hydrogens (tertiary/aromatic N) is 4. The molecule has 1 saturated heterocycles. The molecular formula is C27H28N4O2. The molecule has 2 aromatic heterocycles. The van der Waals surface area contributed by atoms with Gasteiger partial charge in [-0.25, -0.2) is 4.68 Å². The summed E-state index contributed by atoms with van der Waals surface area (Å²) in [5.41, 5.74) is 5.68. The minimum atomic E-state index is -0.000331. The summed E-state index contributed by atoms with van der Waals surface area (Å²) in [5, 5.41) is 4.77. The van der Waals surface area contributed by atoms with E-state index in [1.807, 2.05) is 48.2 Å². The molecule has 0 atom stereocenters. The van der Waals surface area contributed by atoms with Crippen molar-refractivity contribution in [2.75, 3.05) is 26.2 Å². The van der Waals surface area contributed by atoms with E-state index in [2.05, 4.69) is 42.2 Å². The second kappa shape index (κ2) is 9.08. The second-order valence-electron chi connectivity index (χ2n) is 8.65. The molecule has 1 aliphatic heterocycles. The van der Waals surface area contributed by atoms with Crippen LogP contribution in [-0.4, -0.2) is 51.7 Å². The van der Waals surface area contributed by atoms with E-state index < -0.39 is 0 Å². The van der Waals surface area contributed by atoms with Gasteiger partial charge in [0.25, 0.3) is 5.91 Å². The summed E-state index contributed by atoms with van der Waals surface area (Å²) >= 11 is 0. The molecule has 1 aliphatic rings. The van der Waals surface area contributed by atoms with Crippen LogP contribution in [0, 0.1) is 13.8 Å². The van der Waals surface area contributed by atoms with Gasteiger partial charge in [0, 0.05) is 38.8 Å². The lowest BCUT2D eigenvalue weighted by atomic mass is 10.1. The summed E-state index contributed by atoms with van der Waals surface area (Å²) in [6.07, 6.45) is 1.62. The van der Waals surface area contributed by atoms with Crippen LogP contribution >= 0.6 is 0 Å². The number of aryl methyl sites for hydroxylation is 2. The topological polar surface area (TPSA) is 54.5 Å². The SMILES string of the molecule is Cc1ccc(-n2nc(-c3ccco3)cc2C(=O)N2CCN(Cc3ccccc3)CC2)c(C)c1. The van der Waals surface area contributed by atoms with Gasteiger partial charge in [-0.3, -0.25) is 9.69 Å². The second-order valence-corrected chi connectivity index (χ2v) is 8.65. The molecule has 6 heteroatoms. The number of piperazine rings is 1. The molecule has 2 aromatic carbocycles. The van der Waals surface area contributed by atoms with Gasteiger partial charge < -0.3 is 9.32 Å². The number of hydrogen-bond donors (Lipinski definition) is 0. The van der Waals surface area contributed by atoms with E-state index in [1.165, 1.54) is 11.1 Å². The van der Waals surface area contributed by atoms with Crippen molar-refractivity contribution in [3.63, 3.8) is 0 Å². The van der Waals surface area contributed by atoms with E-state index in [1.54, 1.807) is 10.9 Å². The van der Waals surface area contributed by atoms with Gasteiger partial charge in [-0.1, -0.05) is 48.0 Å². The third-order valence-electron chi connectivity index (χ3n) is 6.19. The fraction of sp³-hybridized carbons (Fsp3) is 0.259. The Morgan fingerprint density at radius 1 is 0.939 bits per heavy atom. The lowest BCUT2D eigenvalue weighted by Crippen LogP contribution is -2.48. The zero-order chi connectivity index (χ0) is 22.8. The number of hydrogen-bond acceptors (Lipinski definition) is 4. The molecule has 0 spiro atoms. The summed E-state index contributed by atoms with van der Waals surface area (Å²) in [6.45, 7) is 8.11. The molecule has 0 bridgehead atoms. The number of carbonyl (C=O) groups excluding carboxylic acids is 1. The minimum Gasteiger partial charge on any atom is -0.463 e. The molecule has 0 saturated carbocycles. The molecule has 33 heavy (non-hydrogen) atoms. The number of furan rings is 1. The third kappa shape index (κ3) is 4.47. The molecule has 0 N–H and O–H groups in total. The number of rotatable bonds is 5. The average Bonchev–Trinajstić information content (AvgIpc) is 3.50. The Morgan fingerprint density at radius 3 is 2.42 bits per heavy atom. The fourth-order valence-corrected chi connectivity index (χ4v) is 4.42. The van der Waals surface area contributed by atoms with Crippen molar-refractivity contribution in [1.29, 1.82) is 0 Å². The Bertz CT molecular complexity index is 1240. The predicted octanol–water partition coefficient (Wildman–Crippen LogP) is 4.71. The van der Waals surface area contributed by atoms with E-state index in [9.17, 15) is 4.79 Å². The van der Waals surface area contributed by atoms with Gasteiger partial charge in [0.15, 0.2) is 5.76 Å². The van der Waals surface area contributed by atoms with E-state index >= 15 is 0 Å². The Hall–Kier alpha value is -3.64. The van der Waals surface area contributed by atoms with Crippen LogP contribution in [0.3, 0.4) is 0 Å². The van der Waals surface area contributed by atoms with Crippen LogP contribution in [0.2, 0.25) is 0 Å². The summed E-state index contributed by atoms with van der Waals surface area (Å²) < 4.78 is 7.33. The van der Waals surface area contributed by atoms with E-state index in [4.69, 9.17) is 9.52 Å². The average molecular weight is 441 g/mol. The van der Waals surface area contributed by atoms with Crippen molar-refractivity contribution in [2.45, 2.75) is 20.4 Å². The summed E-state index contributed by atoms with van der Waals surface area (Å²) in [4.78, 5) is 18.0. The molecule has 6 nitrogen and oxygen atoms in total. The van der Waals surface area contributed by atoms with E-state index in [0.29, 0.717) is 30.2 Å². The first-order valence-corrected chi connectivity index (χ1v) is 11.4. The maximum atomic E-state index is 13.6. The lowest BCUT2D eigenvalue weighted by molar-refractivity contribution is 0.0619. The Kier molecular flexibility index (Phi) is 5.84. The van der Waals surface area contributed by atoms with Crippen molar-refractivity contribution < 1.29 is 9.21 Å². The first-order valence-electron chi connectivity index (χ1n) is 11.4. The highest BCUT2D eigenvalue weighted by Crippen LogP contribution is 2.25. The van der Waals surface area contributed by atoms with E-state index in [0.717, 1.165) is 30.9 Å². The van der Waals surface area contributed by atoms with E-state index in [-0.39, 0.29) is 5.91 Å². The highest BCUT2D eigenvalue weighted by molar-refractivity contribution is 5.94. The summed E-state index contributed by atoms with van der Waals surface area (Å²) in [6, 6.07) is 22.2. The van der Waals surface area contributed by atoms with Gasteiger partial charge in [0.2, 0.25) is 0 Å². The van der Waals surface area contributed by atoms with Crippen molar-refractivity contribution in [1.82, 2.24) is 19.6 Å². The number of benzene rings is 2. The molecule has 5 rings (SSSR count). The van der Waals surface area contributed by atoms with Crippen LogP contribution in [-0.2, 0) is 6.54 Å². The van der Waals surface area contributed by atoms with Gasteiger partial charge in [0.1, 0.15) is 11.4 Å². The van der Waals surface area contributed by atoms with Crippen LogP contribution in [0.15, 0.2) is 77.4 Å². The summed E-state index contributed by atoms with van der Waals surface area (Å²) in [5.74, 6) is 0.653. The standard InChI is InChI=1S/C27H28N4O2/c1-20-10-11-24(21(2)17-20)31-25(18-23(28-31)26-9-6-16-33-26)27(32)30-14-12-29(13-15-30)19-22-7-4-3-5-8-22/h3-11,16-18H,12-15,19H2,1-2H3. The molecule has 3 heterocycles. The first-order chi connectivity index (χ1) is 16.1. The quantitative estimate of drug-likeness (QED) is 0.451. The molecule has 0 aliphatic carbocycles. The summed E-state index contributed by atoms with van der Waals surface area (Å²) in [7, 11) is 0. The van der Waals surface area contributed by atoms with Crippen LogP contribution in [0.1, 0.15) is 27.2 Å². The van der Waals surface area contributed by atoms with Gasteiger partial charge in [-0.2, -0.15) is 5.10 Å². The maximum absolute atomic E-state index is 13.6. The van der Waals surface area contributed by atoms with Crippen LogP contribution in [0.25, 0.3) is 17.1 Å². The van der Waals surface area contributed by atoms with Crippen LogP contribution in [0.4, 0.5) is 0 Å². The van der Waals surface area contributed by atoms with Crippen molar-refractivity contribution in [2.24, 2.45) is 0 Å². The van der Waals surface area contributed by atoms with Crippen molar-refractivity contribution in [3.05, 3.63) is 95.4 Å². The first kappa shape index (κ1) is 21.2. The zero-order valence-electron chi connectivity index (χ0n) is 19.1. The predicted molar refractivity (Wildman–Crippen MR) is 128 cm³/mol. The zero-order valence-corrected chi connectivity index (χ0v) is 19.1. The van der Waals surface area contributed by atoms with Gasteiger partial charge in [-0.15, -0.1) is 0 Å². The minimum absolute atomic E-state index is 0.000331. The highest BCUT2D eigenvalue weighted by Gasteiger charge is 2.27. The molecule has 0 radical (unpaired) electrons. The maximum Gasteiger partial charge on any atom is 0.272 e. The molecular weight excluding hydrogens is 412 g/mol. The molecule has 4 aromatic rings. The monoisotopic (exact) mass is 440 g/mol. The normalized spacial score (nSPS) is 14.5. The Labute approximate surface area is 194 Å². The van der Waals surface area contributed by atoms with Gasteiger partial charge in [-0.05, 0) is 43.2 Å². The number of aromatic nitrogens is 2. The van der Waals surface area contributed by atoms with Crippen molar-refractivity contribution in [3.8, 4) is 17.1 Å². The largest absolute Gasteiger partial charge is 0.463 e. The Morgan fingerprint density at radius 2 is 1.73 bits per heavy atom. The third-order valence-corrected chi connectivity index (χ3v) is 6.19. The van der Waals surface area contributed by atoms with Crippen LogP contribution in [0.5, 0.6) is 0 Å². The molecule has 168 valence electrons. The lowest BCUT2D eigenvalue weighted by Gasteiger charge is -2.34. The number of amides is 1. The molecule has 1 amide bonds. The molecule has 0 unspecified atom stereocenters.